The van der Waals surface area contributed by atoms with E-state index in [-0.39, 0.29) is 18.9 Å². The van der Waals surface area contributed by atoms with Gasteiger partial charge in [0.25, 0.3) is 11.8 Å². The number of nitrogens with one attached hydrogen (secondary N) is 2. The lowest BCUT2D eigenvalue weighted by Gasteiger charge is -2.17. The van der Waals surface area contributed by atoms with Crippen molar-refractivity contribution < 1.29 is 23.9 Å². The van der Waals surface area contributed by atoms with E-state index in [0.717, 1.165) is 10.0 Å². The molecule has 8 nitrogen and oxygen atoms in total. The molecule has 2 aromatic carbocycles. The van der Waals surface area contributed by atoms with Crippen molar-refractivity contribution in [1.29, 1.82) is 0 Å². The molecule has 2 aromatic rings. The predicted molar refractivity (Wildman–Crippen MR) is 117 cm³/mol. The molecule has 0 bridgehead atoms. The number of hydrazine groups is 1. The molecule has 1 atom stereocenters. The summed E-state index contributed by atoms with van der Waals surface area (Å²) >= 11 is 9.38. The summed E-state index contributed by atoms with van der Waals surface area (Å²) < 4.78 is 5.82. The number of halogens is 2. The molecule has 0 saturated carbocycles. The predicted octanol–water partition coefficient (Wildman–Crippen LogP) is 2.77. The van der Waals surface area contributed by atoms with E-state index < -0.39 is 30.3 Å². The summed E-state index contributed by atoms with van der Waals surface area (Å²) in [6, 6.07) is 11.8. The van der Waals surface area contributed by atoms with Gasteiger partial charge in [-0.05, 0) is 48.9 Å². The third-order valence-corrected chi connectivity index (χ3v) is 5.63. The summed E-state index contributed by atoms with van der Waals surface area (Å²) in [7, 11) is 0. The Bertz CT molecular complexity index is 1030. The molecule has 3 amide bonds. The highest BCUT2D eigenvalue weighted by Crippen LogP contribution is 2.29. The lowest BCUT2D eigenvalue weighted by molar-refractivity contribution is -0.152. The Hall–Kier alpha value is -2.91. The van der Waals surface area contributed by atoms with Crippen molar-refractivity contribution in [2.24, 2.45) is 5.92 Å². The average Bonchev–Trinajstić information content (AvgIpc) is 3.14. The number of benzene rings is 2. The van der Waals surface area contributed by atoms with Crippen LogP contribution < -0.4 is 15.8 Å². The van der Waals surface area contributed by atoms with Crippen LogP contribution in [0.15, 0.2) is 46.9 Å². The Labute approximate surface area is 192 Å². The number of rotatable bonds is 5. The largest absolute Gasteiger partial charge is 0.455 e. The Kier molecular flexibility index (Phi) is 7.29. The lowest BCUT2D eigenvalue weighted by atomic mass is 10.1. The number of amides is 3. The van der Waals surface area contributed by atoms with Crippen LogP contribution in [0.2, 0.25) is 5.02 Å². The van der Waals surface area contributed by atoms with Crippen molar-refractivity contribution in [1.82, 2.24) is 10.9 Å². The van der Waals surface area contributed by atoms with Gasteiger partial charge < -0.3 is 9.64 Å². The second-order valence-electron chi connectivity index (χ2n) is 6.96. The zero-order valence-corrected chi connectivity index (χ0v) is 18.8. The van der Waals surface area contributed by atoms with E-state index in [4.69, 9.17) is 16.3 Å². The summed E-state index contributed by atoms with van der Waals surface area (Å²) in [5.74, 6) is -2.81. The minimum absolute atomic E-state index is 0.0216. The molecule has 0 radical (unpaired) electrons. The van der Waals surface area contributed by atoms with Crippen molar-refractivity contribution in [3.8, 4) is 0 Å². The normalized spacial score (nSPS) is 15.5. The van der Waals surface area contributed by atoms with Crippen molar-refractivity contribution in [2.75, 3.05) is 18.1 Å². The number of carbonyl (C=O) groups excluding carboxylic acids is 4. The molecular weight excluding hydrogens is 490 g/mol. The van der Waals surface area contributed by atoms with E-state index in [2.05, 4.69) is 26.8 Å². The Morgan fingerprint density at radius 2 is 1.87 bits per heavy atom. The van der Waals surface area contributed by atoms with Gasteiger partial charge in [0.2, 0.25) is 5.91 Å². The van der Waals surface area contributed by atoms with Crippen molar-refractivity contribution in [3.63, 3.8) is 0 Å². The molecule has 0 unspecified atom stereocenters. The molecule has 0 aliphatic carbocycles. The Morgan fingerprint density at radius 3 is 2.55 bits per heavy atom. The number of ether oxygens (including phenoxy) is 1. The van der Waals surface area contributed by atoms with Gasteiger partial charge in [0, 0.05) is 33.7 Å². The fourth-order valence-electron chi connectivity index (χ4n) is 2.96. The monoisotopic (exact) mass is 507 g/mol. The molecule has 3 rings (SSSR count). The quantitative estimate of drug-likeness (QED) is 0.477. The standard InChI is InChI=1S/C21H19BrClN3O5/c1-12-2-7-16(9-17(12)23)26-10-14(8-19(26)28)21(30)31-11-18(27)24-25-20(29)13-3-5-15(22)6-4-13/h2-7,9,14H,8,10-11H2,1H3,(H,24,27)(H,25,29)/t14-/m1/s1. The van der Waals surface area contributed by atoms with Gasteiger partial charge >= 0.3 is 5.97 Å². The maximum Gasteiger partial charge on any atom is 0.311 e. The minimum Gasteiger partial charge on any atom is -0.455 e. The number of hydrogen-bond acceptors (Lipinski definition) is 5. The smallest absolute Gasteiger partial charge is 0.311 e. The van der Waals surface area contributed by atoms with E-state index in [1.165, 1.54) is 4.90 Å². The van der Waals surface area contributed by atoms with Gasteiger partial charge in [0.15, 0.2) is 6.61 Å². The Balaban J connectivity index is 1.46. The second-order valence-corrected chi connectivity index (χ2v) is 8.28. The van der Waals surface area contributed by atoms with E-state index in [0.29, 0.717) is 16.3 Å². The van der Waals surface area contributed by atoms with Crippen LogP contribution in [-0.4, -0.2) is 36.8 Å². The van der Waals surface area contributed by atoms with Crippen molar-refractivity contribution >= 4 is 56.9 Å². The molecule has 0 aromatic heterocycles. The van der Waals surface area contributed by atoms with Crippen molar-refractivity contribution in [3.05, 3.63) is 63.1 Å². The third-order valence-electron chi connectivity index (χ3n) is 4.69. The van der Waals surface area contributed by atoms with Gasteiger partial charge in [-0.2, -0.15) is 0 Å². The van der Waals surface area contributed by atoms with Gasteiger partial charge in [-0.1, -0.05) is 33.6 Å². The fourth-order valence-corrected chi connectivity index (χ4v) is 3.39. The van der Waals surface area contributed by atoms with Crippen LogP contribution in [0.5, 0.6) is 0 Å². The highest BCUT2D eigenvalue weighted by Gasteiger charge is 2.36. The summed E-state index contributed by atoms with van der Waals surface area (Å²) in [5, 5.41) is 0.526. The first-order chi connectivity index (χ1) is 14.7. The van der Waals surface area contributed by atoms with Crippen LogP contribution in [0.3, 0.4) is 0 Å². The van der Waals surface area contributed by atoms with Gasteiger partial charge in [-0.3, -0.25) is 30.0 Å². The first kappa shape index (κ1) is 22.8. The van der Waals surface area contributed by atoms with E-state index in [9.17, 15) is 19.2 Å². The summed E-state index contributed by atoms with van der Waals surface area (Å²) in [6.07, 6.45) is -0.0216. The molecule has 1 fully saturated rings. The molecule has 1 aliphatic rings. The molecule has 1 heterocycles. The molecule has 31 heavy (non-hydrogen) atoms. The summed E-state index contributed by atoms with van der Waals surface area (Å²) in [6.45, 7) is 1.41. The van der Waals surface area contributed by atoms with Crippen LogP contribution in [-0.2, 0) is 19.1 Å². The topological polar surface area (TPSA) is 105 Å². The molecule has 1 saturated heterocycles. The third kappa shape index (κ3) is 5.83. The van der Waals surface area contributed by atoms with E-state index in [1.54, 1.807) is 42.5 Å². The highest BCUT2D eigenvalue weighted by molar-refractivity contribution is 9.10. The molecular formula is C21H19BrClN3O5. The van der Waals surface area contributed by atoms with Gasteiger partial charge in [-0.15, -0.1) is 0 Å². The van der Waals surface area contributed by atoms with Crippen LogP contribution in [0, 0.1) is 12.8 Å². The van der Waals surface area contributed by atoms with Gasteiger partial charge in [-0.25, -0.2) is 0 Å². The van der Waals surface area contributed by atoms with Crippen molar-refractivity contribution in [2.45, 2.75) is 13.3 Å². The van der Waals surface area contributed by atoms with Crippen LogP contribution in [0.4, 0.5) is 5.69 Å². The maximum atomic E-state index is 12.3. The number of nitrogens with zero attached hydrogens (tertiary/aromatic N) is 1. The zero-order valence-electron chi connectivity index (χ0n) is 16.5. The second kappa shape index (κ2) is 9.93. The Morgan fingerprint density at radius 1 is 1.16 bits per heavy atom. The highest BCUT2D eigenvalue weighted by atomic mass is 79.9. The zero-order chi connectivity index (χ0) is 22.5. The molecule has 0 spiro atoms. The van der Waals surface area contributed by atoms with Gasteiger partial charge in [0.05, 0.1) is 5.92 Å². The SMILES string of the molecule is Cc1ccc(N2C[C@H](C(=O)OCC(=O)NNC(=O)c3ccc(Br)cc3)CC2=O)cc1Cl. The van der Waals surface area contributed by atoms with E-state index in [1.807, 2.05) is 6.92 Å². The number of carbonyl (C=O) groups is 4. The molecule has 2 N–H and O–H groups in total. The van der Waals surface area contributed by atoms with Crippen LogP contribution in [0.1, 0.15) is 22.3 Å². The number of hydrogen-bond donors (Lipinski definition) is 2. The minimum atomic E-state index is -0.703. The van der Waals surface area contributed by atoms with Crippen LogP contribution in [0.25, 0.3) is 0 Å². The molecule has 10 heteroatoms. The summed E-state index contributed by atoms with van der Waals surface area (Å²) in [4.78, 5) is 49.9. The van der Waals surface area contributed by atoms with Crippen LogP contribution >= 0.6 is 27.5 Å². The molecule has 1 aliphatic heterocycles. The van der Waals surface area contributed by atoms with Gasteiger partial charge in [0.1, 0.15) is 0 Å². The fraction of sp³-hybridized carbons (Fsp3) is 0.238. The summed E-state index contributed by atoms with van der Waals surface area (Å²) in [5.41, 5.74) is 6.24. The first-order valence-electron chi connectivity index (χ1n) is 9.32. The number of aryl methyl sites for hydroxylation is 1. The number of anilines is 1. The molecule has 162 valence electrons. The maximum absolute atomic E-state index is 12.3. The number of esters is 1. The average molecular weight is 509 g/mol. The first-order valence-corrected chi connectivity index (χ1v) is 10.5. The lowest BCUT2D eigenvalue weighted by Crippen LogP contribution is -2.43. The van der Waals surface area contributed by atoms with E-state index >= 15 is 0 Å².